The number of hydrogen-bond acceptors (Lipinski definition) is 1. The summed E-state index contributed by atoms with van der Waals surface area (Å²) in [5.41, 5.74) is -0.224. The van der Waals surface area contributed by atoms with Gasteiger partial charge in [0.1, 0.15) is 5.82 Å². The second-order valence-electron chi connectivity index (χ2n) is 5.79. The molecule has 1 N–H and O–H groups in total. The number of hydrogen-bond donors (Lipinski definition) is 1. The Morgan fingerprint density at radius 3 is 2.37 bits per heavy atom. The summed E-state index contributed by atoms with van der Waals surface area (Å²) >= 11 is 0. The van der Waals surface area contributed by atoms with Gasteiger partial charge in [-0.1, -0.05) is 24.3 Å². The van der Waals surface area contributed by atoms with Gasteiger partial charge in [0, 0.05) is 5.56 Å². The summed E-state index contributed by atoms with van der Waals surface area (Å²) in [6.45, 7) is 11.2. The molecule has 0 saturated heterocycles. The number of benzene rings is 1. The summed E-state index contributed by atoms with van der Waals surface area (Å²) in [5.74, 6) is -0.301. The molecule has 1 aromatic carbocycles. The minimum absolute atomic E-state index is 0.301. The van der Waals surface area contributed by atoms with Crippen LogP contribution in [-0.2, 0) is 16.5 Å². The van der Waals surface area contributed by atoms with Crippen LogP contribution in [0.1, 0.15) is 39.7 Å². The molecule has 0 fully saturated rings. The van der Waals surface area contributed by atoms with Gasteiger partial charge in [-0.15, -0.1) is 6.58 Å². The third-order valence-corrected chi connectivity index (χ3v) is 4.64. The average molecular weight is 283 g/mol. The first-order chi connectivity index (χ1) is 8.70. The fraction of sp³-hybridized carbons (Fsp3) is 0.467. The van der Waals surface area contributed by atoms with E-state index in [2.05, 4.69) is 11.3 Å². The van der Waals surface area contributed by atoms with Crippen LogP contribution < -0.4 is 4.72 Å². The van der Waals surface area contributed by atoms with Gasteiger partial charge in [0.15, 0.2) is 0 Å². The summed E-state index contributed by atoms with van der Waals surface area (Å²) in [6, 6.07) is 6.55. The summed E-state index contributed by atoms with van der Waals surface area (Å²) in [7, 11) is -1.28. The third kappa shape index (κ3) is 3.98. The van der Waals surface area contributed by atoms with Crippen molar-refractivity contribution in [2.45, 2.75) is 44.4 Å². The van der Waals surface area contributed by atoms with E-state index in [1.54, 1.807) is 24.3 Å². The Bertz CT molecular complexity index is 481. The Morgan fingerprint density at radius 2 is 1.89 bits per heavy atom. The zero-order valence-electron chi connectivity index (χ0n) is 12.0. The number of nitrogens with one attached hydrogen (secondary N) is 1. The topological polar surface area (TPSA) is 29.1 Å². The number of rotatable bonds is 5. The van der Waals surface area contributed by atoms with Crippen molar-refractivity contribution in [3.63, 3.8) is 0 Å². The molecule has 19 heavy (non-hydrogen) atoms. The van der Waals surface area contributed by atoms with E-state index in [4.69, 9.17) is 0 Å². The van der Waals surface area contributed by atoms with Gasteiger partial charge in [-0.3, -0.25) is 0 Å². The smallest absolute Gasteiger partial charge is 0.128 e. The van der Waals surface area contributed by atoms with Crippen molar-refractivity contribution >= 4 is 11.0 Å². The van der Waals surface area contributed by atoms with Gasteiger partial charge < -0.3 is 0 Å². The van der Waals surface area contributed by atoms with Crippen LogP contribution in [0.2, 0.25) is 0 Å². The maximum Gasteiger partial charge on any atom is 0.128 e. The Morgan fingerprint density at radius 1 is 1.32 bits per heavy atom. The monoisotopic (exact) mass is 283 g/mol. The molecule has 2 atom stereocenters. The first kappa shape index (κ1) is 16.1. The van der Waals surface area contributed by atoms with Gasteiger partial charge >= 0.3 is 0 Å². The molecule has 0 aliphatic carbocycles. The van der Waals surface area contributed by atoms with Crippen LogP contribution in [0, 0.1) is 5.82 Å². The SMILES string of the molecule is C=CC[C@](C)(N[S@](=O)C(C)(C)C)c1ccccc1F. The summed E-state index contributed by atoms with van der Waals surface area (Å²) in [4.78, 5) is 0. The van der Waals surface area contributed by atoms with Crippen LogP contribution in [0.4, 0.5) is 4.39 Å². The molecule has 2 nitrogen and oxygen atoms in total. The van der Waals surface area contributed by atoms with Gasteiger partial charge in [-0.2, -0.15) is 0 Å². The Labute approximate surface area is 117 Å². The maximum absolute atomic E-state index is 14.0. The van der Waals surface area contributed by atoms with Crippen molar-refractivity contribution in [1.29, 1.82) is 0 Å². The molecule has 0 aromatic heterocycles. The predicted octanol–water partition coefficient (Wildman–Crippen LogP) is 3.67. The minimum atomic E-state index is -1.28. The molecule has 0 saturated carbocycles. The van der Waals surface area contributed by atoms with E-state index in [1.807, 2.05) is 27.7 Å². The first-order valence-corrected chi connectivity index (χ1v) is 7.41. The number of halogens is 1. The molecule has 0 heterocycles. The lowest BCUT2D eigenvalue weighted by Crippen LogP contribution is -2.46. The molecular weight excluding hydrogens is 261 g/mol. The third-order valence-electron chi connectivity index (χ3n) is 2.90. The molecule has 4 heteroatoms. The molecular formula is C15H22FNOS. The van der Waals surface area contributed by atoms with Crippen LogP contribution in [0.15, 0.2) is 36.9 Å². The van der Waals surface area contributed by atoms with Crippen molar-refractivity contribution < 1.29 is 8.60 Å². The zero-order valence-corrected chi connectivity index (χ0v) is 12.8. The van der Waals surface area contributed by atoms with Gasteiger partial charge in [0.2, 0.25) is 0 Å². The van der Waals surface area contributed by atoms with Crippen molar-refractivity contribution in [1.82, 2.24) is 4.72 Å². The van der Waals surface area contributed by atoms with E-state index in [1.165, 1.54) is 6.07 Å². The lowest BCUT2D eigenvalue weighted by Gasteiger charge is -2.33. The van der Waals surface area contributed by atoms with Gasteiger partial charge in [-0.05, 0) is 40.2 Å². The van der Waals surface area contributed by atoms with E-state index in [0.29, 0.717) is 12.0 Å². The van der Waals surface area contributed by atoms with Gasteiger partial charge in [0.25, 0.3) is 0 Å². The standard InChI is InChI=1S/C15H22FNOS/c1-6-11-15(5,17-19(18)14(2,3)4)12-9-7-8-10-13(12)16/h6-10,17H,1,11H2,2-5H3/t15-,19+/m0/s1. The highest BCUT2D eigenvalue weighted by molar-refractivity contribution is 7.84. The predicted molar refractivity (Wildman–Crippen MR) is 79.6 cm³/mol. The normalized spacial score (nSPS) is 16.7. The summed E-state index contributed by atoms with van der Waals surface area (Å²) in [6.07, 6.45) is 2.20. The highest BCUT2D eigenvalue weighted by atomic mass is 32.2. The van der Waals surface area contributed by atoms with Crippen molar-refractivity contribution in [3.8, 4) is 0 Å². The van der Waals surface area contributed by atoms with Gasteiger partial charge in [0.05, 0.1) is 21.3 Å². The van der Waals surface area contributed by atoms with E-state index in [9.17, 15) is 8.60 Å². The quantitative estimate of drug-likeness (QED) is 0.821. The van der Waals surface area contributed by atoms with Crippen molar-refractivity contribution in [2.24, 2.45) is 0 Å². The molecule has 0 aliphatic heterocycles. The van der Waals surface area contributed by atoms with Crippen LogP contribution in [0.25, 0.3) is 0 Å². The molecule has 0 spiro atoms. The van der Waals surface area contributed by atoms with Crippen LogP contribution >= 0.6 is 0 Å². The van der Waals surface area contributed by atoms with E-state index < -0.39 is 21.3 Å². The Kier molecular flexibility index (Phi) is 5.04. The fourth-order valence-corrected chi connectivity index (χ4v) is 2.67. The van der Waals surface area contributed by atoms with E-state index in [0.717, 1.165) is 0 Å². The first-order valence-electron chi connectivity index (χ1n) is 6.26. The lowest BCUT2D eigenvalue weighted by molar-refractivity contribution is 0.422. The molecule has 0 bridgehead atoms. The van der Waals surface area contributed by atoms with Crippen LogP contribution in [0.3, 0.4) is 0 Å². The highest BCUT2D eigenvalue weighted by Gasteiger charge is 2.33. The minimum Gasteiger partial charge on any atom is -0.242 e. The van der Waals surface area contributed by atoms with Crippen molar-refractivity contribution in [2.75, 3.05) is 0 Å². The molecule has 106 valence electrons. The maximum atomic E-state index is 14.0. The van der Waals surface area contributed by atoms with E-state index >= 15 is 0 Å². The highest BCUT2D eigenvalue weighted by Crippen LogP contribution is 2.29. The second-order valence-corrected chi connectivity index (χ2v) is 7.75. The lowest BCUT2D eigenvalue weighted by atomic mass is 9.89. The zero-order chi connectivity index (χ0) is 14.7. The molecule has 0 aliphatic rings. The average Bonchev–Trinajstić information content (AvgIpc) is 2.28. The van der Waals surface area contributed by atoms with E-state index in [-0.39, 0.29) is 5.82 Å². The summed E-state index contributed by atoms with van der Waals surface area (Å²) in [5, 5.41) is 0. The van der Waals surface area contributed by atoms with Crippen molar-refractivity contribution in [3.05, 3.63) is 48.3 Å². The van der Waals surface area contributed by atoms with Crippen LogP contribution in [0.5, 0.6) is 0 Å². The Hall–Kier alpha value is -1.00. The van der Waals surface area contributed by atoms with Crippen LogP contribution in [-0.4, -0.2) is 8.96 Å². The fourth-order valence-electron chi connectivity index (χ4n) is 1.76. The van der Waals surface area contributed by atoms with Gasteiger partial charge in [-0.25, -0.2) is 13.3 Å². The summed E-state index contributed by atoms with van der Waals surface area (Å²) < 4.78 is 28.9. The molecule has 1 rings (SSSR count). The second kappa shape index (κ2) is 5.97. The molecule has 1 aromatic rings. The molecule has 0 amide bonds. The Balaban J connectivity index is 3.15. The molecule has 0 radical (unpaired) electrons. The molecule has 0 unspecified atom stereocenters. The largest absolute Gasteiger partial charge is 0.242 e.